The van der Waals surface area contributed by atoms with Crippen LogP contribution in [0.3, 0.4) is 0 Å². The summed E-state index contributed by atoms with van der Waals surface area (Å²) in [4.78, 5) is 13.6. The third kappa shape index (κ3) is 4.84. The first kappa shape index (κ1) is 17.7. The summed E-state index contributed by atoms with van der Waals surface area (Å²) in [6, 6.07) is 4.05. The van der Waals surface area contributed by atoms with Crippen LogP contribution in [0.1, 0.15) is 42.3 Å². The largest absolute Gasteiger partial charge is 0.401 e. The number of ketones is 1. The molecule has 0 saturated carbocycles. The maximum absolute atomic E-state index is 12.7. The van der Waals surface area contributed by atoms with E-state index in [-0.39, 0.29) is 11.8 Å². The van der Waals surface area contributed by atoms with Gasteiger partial charge in [-0.1, -0.05) is 12.1 Å². The van der Waals surface area contributed by atoms with Crippen LogP contribution >= 0.6 is 0 Å². The SMILES string of the molecule is Cc1ccc(C(=O)C(C)N(CC(F)(F)F)C(C)C)cc1C. The van der Waals surface area contributed by atoms with E-state index in [1.54, 1.807) is 26.0 Å². The van der Waals surface area contributed by atoms with Crippen molar-refractivity contribution in [2.45, 2.75) is 52.9 Å². The van der Waals surface area contributed by atoms with Crippen molar-refractivity contribution in [3.63, 3.8) is 0 Å². The van der Waals surface area contributed by atoms with Gasteiger partial charge in [0, 0.05) is 11.6 Å². The lowest BCUT2D eigenvalue weighted by atomic mass is 9.99. The summed E-state index contributed by atoms with van der Waals surface area (Å²) in [6.45, 7) is 7.58. The standard InChI is InChI=1S/C16H22F3NO/c1-10(2)20(9-16(17,18)19)13(5)15(21)14-7-6-11(3)12(4)8-14/h6-8,10,13H,9H2,1-5H3. The van der Waals surface area contributed by atoms with E-state index in [1.807, 2.05) is 19.9 Å². The number of aryl methyl sites for hydroxylation is 2. The molecule has 1 aromatic carbocycles. The molecule has 118 valence electrons. The number of alkyl halides is 3. The minimum Gasteiger partial charge on any atom is -0.292 e. The van der Waals surface area contributed by atoms with Crippen LogP contribution in [-0.4, -0.2) is 35.5 Å². The first-order valence-electron chi connectivity index (χ1n) is 6.97. The number of rotatable bonds is 5. The van der Waals surface area contributed by atoms with E-state index < -0.39 is 18.8 Å². The number of carbonyl (C=O) groups is 1. The smallest absolute Gasteiger partial charge is 0.292 e. The van der Waals surface area contributed by atoms with Gasteiger partial charge in [0.05, 0.1) is 12.6 Å². The number of nitrogens with zero attached hydrogens (tertiary/aromatic N) is 1. The number of hydrogen-bond acceptors (Lipinski definition) is 2. The van der Waals surface area contributed by atoms with Crippen LogP contribution in [0.4, 0.5) is 13.2 Å². The molecule has 5 heteroatoms. The van der Waals surface area contributed by atoms with E-state index in [4.69, 9.17) is 0 Å². The lowest BCUT2D eigenvalue weighted by Gasteiger charge is -2.32. The average Bonchev–Trinajstić information content (AvgIpc) is 2.36. The minimum absolute atomic E-state index is 0.281. The second kappa shape index (κ2) is 6.60. The fraction of sp³-hybridized carbons (Fsp3) is 0.562. The molecule has 1 atom stereocenters. The molecule has 0 aliphatic carbocycles. The summed E-state index contributed by atoms with van der Waals surface area (Å²) in [5.74, 6) is -0.281. The second-order valence-electron chi connectivity index (χ2n) is 5.72. The van der Waals surface area contributed by atoms with Crippen molar-refractivity contribution < 1.29 is 18.0 Å². The van der Waals surface area contributed by atoms with Gasteiger partial charge in [0.25, 0.3) is 0 Å². The zero-order valence-electron chi connectivity index (χ0n) is 13.1. The van der Waals surface area contributed by atoms with E-state index in [0.29, 0.717) is 5.56 Å². The van der Waals surface area contributed by atoms with Crippen LogP contribution in [0.15, 0.2) is 18.2 Å². The summed E-state index contributed by atoms with van der Waals surface area (Å²) in [6.07, 6.45) is -4.32. The maximum Gasteiger partial charge on any atom is 0.401 e. The molecule has 1 unspecified atom stereocenters. The second-order valence-corrected chi connectivity index (χ2v) is 5.72. The van der Waals surface area contributed by atoms with Gasteiger partial charge in [-0.2, -0.15) is 13.2 Å². The highest BCUT2D eigenvalue weighted by Gasteiger charge is 2.36. The number of benzene rings is 1. The maximum atomic E-state index is 12.7. The monoisotopic (exact) mass is 301 g/mol. The molecular formula is C16H22F3NO. The Morgan fingerprint density at radius 3 is 2.14 bits per heavy atom. The van der Waals surface area contributed by atoms with Crippen molar-refractivity contribution in [2.24, 2.45) is 0 Å². The first-order valence-corrected chi connectivity index (χ1v) is 6.97. The predicted molar refractivity (Wildman–Crippen MR) is 77.6 cm³/mol. The Balaban J connectivity index is 2.99. The highest BCUT2D eigenvalue weighted by molar-refractivity contribution is 6.00. The lowest BCUT2D eigenvalue weighted by Crippen LogP contribution is -2.48. The third-order valence-corrected chi connectivity index (χ3v) is 3.69. The fourth-order valence-electron chi connectivity index (χ4n) is 2.26. The Kier molecular flexibility index (Phi) is 5.56. The molecule has 0 bridgehead atoms. The van der Waals surface area contributed by atoms with Crippen LogP contribution < -0.4 is 0 Å². The Morgan fingerprint density at radius 2 is 1.71 bits per heavy atom. The van der Waals surface area contributed by atoms with Gasteiger partial charge in [-0.15, -0.1) is 0 Å². The highest BCUT2D eigenvalue weighted by Crippen LogP contribution is 2.22. The molecule has 0 heterocycles. The quantitative estimate of drug-likeness (QED) is 0.762. The molecule has 0 spiro atoms. The molecule has 1 aromatic rings. The van der Waals surface area contributed by atoms with Gasteiger partial charge in [-0.05, 0) is 51.8 Å². The van der Waals surface area contributed by atoms with Crippen LogP contribution in [0.25, 0.3) is 0 Å². The van der Waals surface area contributed by atoms with Crippen molar-refractivity contribution >= 4 is 5.78 Å². The molecule has 2 nitrogen and oxygen atoms in total. The average molecular weight is 301 g/mol. The molecule has 0 radical (unpaired) electrons. The molecule has 1 rings (SSSR count). The molecule has 0 amide bonds. The fourth-order valence-corrected chi connectivity index (χ4v) is 2.26. The summed E-state index contributed by atoms with van der Waals surface area (Å²) in [5.41, 5.74) is 2.47. The number of Topliss-reactive ketones (excluding diaryl/α,β-unsaturated/α-hetero) is 1. The third-order valence-electron chi connectivity index (χ3n) is 3.69. The zero-order chi connectivity index (χ0) is 16.4. The van der Waals surface area contributed by atoms with Crippen LogP contribution in [0.2, 0.25) is 0 Å². The molecule has 0 saturated heterocycles. The highest BCUT2D eigenvalue weighted by atomic mass is 19.4. The van der Waals surface area contributed by atoms with E-state index in [0.717, 1.165) is 11.1 Å². The summed E-state index contributed by atoms with van der Waals surface area (Å²) >= 11 is 0. The number of halogens is 3. The number of hydrogen-bond donors (Lipinski definition) is 0. The van der Waals surface area contributed by atoms with Crippen LogP contribution in [0, 0.1) is 13.8 Å². The predicted octanol–water partition coefficient (Wildman–Crippen LogP) is 4.15. The van der Waals surface area contributed by atoms with Gasteiger partial charge in [-0.25, -0.2) is 0 Å². The molecule has 0 N–H and O–H groups in total. The lowest BCUT2D eigenvalue weighted by molar-refractivity contribution is -0.152. The van der Waals surface area contributed by atoms with E-state index in [1.165, 1.54) is 11.8 Å². The van der Waals surface area contributed by atoms with E-state index in [9.17, 15) is 18.0 Å². The molecular weight excluding hydrogens is 279 g/mol. The van der Waals surface area contributed by atoms with Crippen molar-refractivity contribution in [2.75, 3.05) is 6.54 Å². The number of carbonyl (C=O) groups excluding carboxylic acids is 1. The Labute approximate surface area is 123 Å². The van der Waals surface area contributed by atoms with Gasteiger partial charge in [0.2, 0.25) is 0 Å². The Morgan fingerprint density at radius 1 is 1.14 bits per heavy atom. The van der Waals surface area contributed by atoms with Crippen molar-refractivity contribution in [3.05, 3.63) is 34.9 Å². The van der Waals surface area contributed by atoms with Gasteiger partial charge < -0.3 is 0 Å². The van der Waals surface area contributed by atoms with E-state index >= 15 is 0 Å². The molecule has 0 aromatic heterocycles. The van der Waals surface area contributed by atoms with Crippen LogP contribution in [-0.2, 0) is 0 Å². The zero-order valence-corrected chi connectivity index (χ0v) is 13.1. The topological polar surface area (TPSA) is 20.3 Å². The Bertz CT molecular complexity index is 509. The molecule has 0 aliphatic heterocycles. The normalized spacial score (nSPS) is 13.8. The molecule has 0 fully saturated rings. The van der Waals surface area contributed by atoms with Crippen molar-refractivity contribution in [1.82, 2.24) is 4.90 Å². The van der Waals surface area contributed by atoms with Gasteiger partial charge in [-0.3, -0.25) is 9.69 Å². The summed E-state index contributed by atoms with van der Waals surface area (Å²) < 4.78 is 38.0. The van der Waals surface area contributed by atoms with Gasteiger partial charge in [0.15, 0.2) is 5.78 Å². The minimum atomic E-state index is -4.32. The van der Waals surface area contributed by atoms with Gasteiger partial charge in [0.1, 0.15) is 0 Å². The molecule has 0 aliphatic rings. The molecule has 21 heavy (non-hydrogen) atoms. The summed E-state index contributed by atoms with van der Waals surface area (Å²) in [7, 11) is 0. The van der Waals surface area contributed by atoms with Crippen molar-refractivity contribution in [3.8, 4) is 0 Å². The van der Waals surface area contributed by atoms with Crippen LogP contribution in [0.5, 0.6) is 0 Å². The van der Waals surface area contributed by atoms with Gasteiger partial charge >= 0.3 is 6.18 Å². The summed E-state index contributed by atoms with van der Waals surface area (Å²) in [5, 5.41) is 0. The Hall–Kier alpha value is -1.36. The van der Waals surface area contributed by atoms with Crippen molar-refractivity contribution in [1.29, 1.82) is 0 Å². The van der Waals surface area contributed by atoms with E-state index in [2.05, 4.69) is 0 Å². The first-order chi connectivity index (χ1) is 9.53.